The van der Waals surface area contributed by atoms with Crippen LogP contribution >= 0.6 is 15.9 Å². The van der Waals surface area contributed by atoms with Crippen LogP contribution in [0, 0.1) is 0 Å². The standard InChI is InChI=1S/C13H21BrN2O/c1-4-5-13(17-3)12(15-2)7-10-6-11(14)9-16-8-10/h6,8-9,12-13,15H,4-5,7H2,1-3H3. The van der Waals surface area contributed by atoms with Gasteiger partial charge in [0.25, 0.3) is 0 Å². The minimum Gasteiger partial charge on any atom is -0.380 e. The van der Waals surface area contributed by atoms with Crippen molar-refractivity contribution in [2.75, 3.05) is 14.2 Å². The topological polar surface area (TPSA) is 34.1 Å². The van der Waals surface area contributed by atoms with E-state index in [1.807, 2.05) is 13.2 Å². The molecule has 2 unspecified atom stereocenters. The Morgan fingerprint density at radius 3 is 2.76 bits per heavy atom. The maximum atomic E-state index is 5.55. The van der Waals surface area contributed by atoms with E-state index in [9.17, 15) is 0 Å². The van der Waals surface area contributed by atoms with E-state index in [0.29, 0.717) is 6.04 Å². The number of likely N-dealkylation sites (N-methyl/N-ethyl adjacent to an activating group) is 1. The van der Waals surface area contributed by atoms with E-state index in [-0.39, 0.29) is 6.10 Å². The second-order valence-corrected chi connectivity index (χ2v) is 5.09. The Labute approximate surface area is 112 Å². The number of aromatic nitrogens is 1. The average Bonchev–Trinajstić information content (AvgIpc) is 2.33. The minimum atomic E-state index is 0.254. The maximum Gasteiger partial charge on any atom is 0.0727 e. The second-order valence-electron chi connectivity index (χ2n) is 4.17. The van der Waals surface area contributed by atoms with Gasteiger partial charge in [-0.15, -0.1) is 0 Å². The molecule has 1 N–H and O–H groups in total. The molecule has 17 heavy (non-hydrogen) atoms. The minimum absolute atomic E-state index is 0.254. The predicted octanol–water partition coefficient (Wildman–Crippen LogP) is 2.79. The highest BCUT2D eigenvalue weighted by Gasteiger charge is 2.19. The second kappa shape index (κ2) is 7.80. The molecule has 0 aliphatic rings. The van der Waals surface area contributed by atoms with Gasteiger partial charge in [0.15, 0.2) is 0 Å². The lowest BCUT2D eigenvalue weighted by molar-refractivity contribution is 0.0633. The monoisotopic (exact) mass is 300 g/mol. The maximum absolute atomic E-state index is 5.55. The van der Waals surface area contributed by atoms with E-state index in [1.54, 1.807) is 13.3 Å². The molecular formula is C13H21BrN2O. The van der Waals surface area contributed by atoms with Crippen LogP contribution in [-0.4, -0.2) is 31.3 Å². The van der Waals surface area contributed by atoms with Crippen molar-refractivity contribution in [2.24, 2.45) is 0 Å². The van der Waals surface area contributed by atoms with Crippen LogP contribution in [0.15, 0.2) is 22.9 Å². The highest BCUT2D eigenvalue weighted by atomic mass is 79.9. The van der Waals surface area contributed by atoms with Gasteiger partial charge in [0, 0.05) is 30.0 Å². The molecule has 0 aliphatic carbocycles. The molecule has 0 aromatic carbocycles. The number of hydrogen-bond donors (Lipinski definition) is 1. The van der Waals surface area contributed by atoms with Crippen LogP contribution in [0.2, 0.25) is 0 Å². The average molecular weight is 301 g/mol. The summed E-state index contributed by atoms with van der Waals surface area (Å²) in [6, 6.07) is 2.44. The molecule has 1 aromatic rings. The van der Waals surface area contributed by atoms with Gasteiger partial charge in [-0.1, -0.05) is 13.3 Å². The van der Waals surface area contributed by atoms with Crippen LogP contribution in [-0.2, 0) is 11.2 Å². The smallest absolute Gasteiger partial charge is 0.0727 e. The van der Waals surface area contributed by atoms with Crippen molar-refractivity contribution in [3.05, 3.63) is 28.5 Å². The van der Waals surface area contributed by atoms with E-state index in [0.717, 1.165) is 23.7 Å². The lowest BCUT2D eigenvalue weighted by Gasteiger charge is -2.25. The first-order valence-electron chi connectivity index (χ1n) is 6.00. The zero-order valence-corrected chi connectivity index (χ0v) is 12.3. The third-order valence-corrected chi connectivity index (χ3v) is 3.35. The van der Waals surface area contributed by atoms with Gasteiger partial charge in [0.05, 0.1) is 6.10 Å². The first kappa shape index (κ1) is 14.6. The van der Waals surface area contributed by atoms with Crippen molar-refractivity contribution in [3.8, 4) is 0 Å². The molecule has 0 saturated heterocycles. The molecule has 1 aromatic heterocycles. The molecule has 2 atom stereocenters. The molecular weight excluding hydrogens is 280 g/mol. The van der Waals surface area contributed by atoms with Gasteiger partial charge in [0.1, 0.15) is 0 Å². The largest absolute Gasteiger partial charge is 0.380 e. The summed E-state index contributed by atoms with van der Waals surface area (Å²) in [6.45, 7) is 2.18. The fourth-order valence-electron chi connectivity index (χ4n) is 2.01. The van der Waals surface area contributed by atoms with Gasteiger partial charge < -0.3 is 10.1 Å². The van der Waals surface area contributed by atoms with Crippen LogP contribution in [0.25, 0.3) is 0 Å². The van der Waals surface area contributed by atoms with E-state index in [2.05, 4.69) is 39.2 Å². The van der Waals surface area contributed by atoms with Crippen molar-refractivity contribution in [1.82, 2.24) is 10.3 Å². The number of ether oxygens (including phenoxy) is 1. The van der Waals surface area contributed by atoms with Gasteiger partial charge >= 0.3 is 0 Å². The molecule has 0 saturated carbocycles. The summed E-state index contributed by atoms with van der Waals surface area (Å²) in [5, 5.41) is 3.34. The Bertz CT molecular complexity index is 333. The molecule has 0 bridgehead atoms. The van der Waals surface area contributed by atoms with Crippen molar-refractivity contribution >= 4 is 15.9 Å². The molecule has 3 nitrogen and oxygen atoms in total. The highest BCUT2D eigenvalue weighted by molar-refractivity contribution is 9.10. The van der Waals surface area contributed by atoms with Crippen molar-refractivity contribution in [2.45, 2.75) is 38.3 Å². The van der Waals surface area contributed by atoms with Crippen LogP contribution in [0.5, 0.6) is 0 Å². The number of hydrogen-bond acceptors (Lipinski definition) is 3. The number of nitrogens with zero attached hydrogens (tertiary/aromatic N) is 1. The van der Waals surface area contributed by atoms with Gasteiger partial charge in [-0.05, 0) is 47.4 Å². The Balaban J connectivity index is 2.68. The number of methoxy groups -OCH3 is 1. The number of pyridine rings is 1. The quantitative estimate of drug-likeness (QED) is 0.841. The van der Waals surface area contributed by atoms with Gasteiger partial charge in [0.2, 0.25) is 0 Å². The summed E-state index contributed by atoms with van der Waals surface area (Å²) in [6.07, 6.45) is 7.10. The predicted molar refractivity (Wildman–Crippen MR) is 74.2 cm³/mol. The lowest BCUT2D eigenvalue weighted by Crippen LogP contribution is -2.40. The SMILES string of the molecule is CCCC(OC)C(Cc1cncc(Br)c1)NC. The molecule has 4 heteroatoms. The van der Waals surface area contributed by atoms with Crippen LogP contribution in [0.4, 0.5) is 0 Å². The van der Waals surface area contributed by atoms with Crippen molar-refractivity contribution < 1.29 is 4.74 Å². The summed E-state index contributed by atoms with van der Waals surface area (Å²) < 4.78 is 6.57. The third kappa shape index (κ3) is 4.74. The molecule has 0 radical (unpaired) electrons. The summed E-state index contributed by atoms with van der Waals surface area (Å²) in [7, 11) is 3.77. The molecule has 1 heterocycles. The van der Waals surface area contributed by atoms with Crippen LogP contribution in [0.3, 0.4) is 0 Å². The normalized spacial score (nSPS) is 14.6. The summed E-state index contributed by atoms with van der Waals surface area (Å²) in [5.41, 5.74) is 1.22. The third-order valence-electron chi connectivity index (χ3n) is 2.91. The fourth-order valence-corrected chi connectivity index (χ4v) is 2.42. The zero-order valence-electron chi connectivity index (χ0n) is 10.7. The van der Waals surface area contributed by atoms with Gasteiger partial charge in [-0.2, -0.15) is 0 Å². The van der Waals surface area contributed by atoms with E-state index >= 15 is 0 Å². The number of rotatable bonds is 7. The highest BCUT2D eigenvalue weighted by Crippen LogP contribution is 2.15. The van der Waals surface area contributed by atoms with Gasteiger partial charge in [-0.3, -0.25) is 4.98 Å². The zero-order chi connectivity index (χ0) is 12.7. The Hall–Kier alpha value is -0.450. The van der Waals surface area contributed by atoms with Crippen LogP contribution < -0.4 is 5.32 Å². The molecule has 0 aliphatic heterocycles. The number of nitrogens with one attached hydrogen (secondary N) is 1. The molecule has 96 valence electrons. The summed E-state index contributed by atoms with van der Waals surface area (Å²) in [4.78, 5) is 4.19. The van der Waals surface area contributed by atoms with Crippen molar-refractivity contribution in [1.29, 1.82) is 0 Å². The van der Waals surface area contributed by atoms with E-state index in [1.165, 1.54) is 5.56 Å². The Morgan fingerprint density at radius 2 is 2.24 bits per heavy atom. The van der Waals surface area contributed by atoms with Gasteiger partial charge in [-0.25, -0.2) is 0 Å². The van der Waals surface area contributed by atoms with E-state index < -0.39 is 0 Å². The molecule has 0 spiro atoms. The van der Waals surface area contributed by atoms with Crippen LogP contribution in [0.1, 0.15) is 25.3 Å². The van der Waals surface area contributed by atoms with E-state index in [4.69, 9.17) is 4.74 Å². The summed E-state index contributed by atoms with van der Waals surface area (Å²) >= 11 is 3.44. The first-order valence-corrected chi connectivity index (χ1v) is 6.80. The van der Waals surface area contributed by atoms with Crippen molar-refractivity contribution in [3.63, 3.8) is 0 Å². The Kier molecular flexibility index (Phi) is 6.70. The summed E-state index contributed by atoms with van der Waals surface area (Å²) in [5.74, 6) is 0. The lowest BCUT2D eigenvalue weighted by atomic mass is 9.99. The molecule has 0 fully saturated rings. The fraction of sp³-hybridized carbons (Fsp3) is 0.615. The Morgan fingerprint density at radius 1 is 1.47 bits per heavy atom. The first-order chi connectivity index (χ1) is 8.21. The molecule has 1 rings (SSSR count). The number of halogens is 1. The molecule has 0 amide bonds.